The fourth-order valence-electron chi connectivity index (χ4n) is 3.25. The van der Waals surface area contributed by atoms with Gasteiger partial charge in [0.15, 0.2) is 0 Å². The summed E-state index contributed by atoms with van der Waals surface area (Å²) >= 11 is 0. The number of aliphatic hydroxyl groups excluding tert-OH is 1. The molecule has 7 heteroatoms. The van der Waals surface area contributed by atoms with Crippen LogP contribution in [0.25, 0.3) is 0 Å². The zero-order chi connectivity index (χ0) is 16.0. The zero-order valence-electron chi connectivity index (χ0n) is 13.1. The number of carbonyl (C=O) groups is 1. The highest BCUT2D eigenvalue weighted by atomic mass is 16.3. The summed E-state index contributed by atoms with van der Waals surface area (Å²) in [4.78, 5) is 12.5. The van der Waals surface area contributed by atoms with E-state index < -0.39 is 0 Å². The van der Waals surface area contributed by atoms with Crippen molar-refractivity contribution in [2.45, 2.75) is 43.7 Å². The number of carbonyl (C=O) groups excluding carboxylic acids is 1. The lowest BCUT2D eigenvalue weighted by Crippen LogP contribution is -2.41. The van der Waals surface area contributed by atoms with Crippen molar-refractivity contribution in [3.8, 4) is 0 Å². The largest absolute Gasteiger partial charge is 0.393 e. The molecule has 0 spiro atoms. The van der Waals surface area contributed by atoms with Crippen LogP contribution in [0, 0.1) is 5.92 Å². The summed E-state index contributed by atoms with van der Waals surface area (Å²) in [6.45, 7) is 0. The van der Waals surface area contributed by atoms with Crippen molar-refractivity contribution in [1.82, 2.24) is 25.3 Å². The number of rotatable bonds is 5. The van der Waals surface area contributed by atoms with Gasteiger partial charge in [0.25, 0.3) is 5.91 Å². The molecule has 0 unspecified atom stereocenters. The molecule has 122 valence electrons. The molecule has 1 amide bonds. The van der Waals surface area contributed by atoms with Crippen LogP contribution in [-0.4, -0.2) is 37.1 Å². The Labute approximate surface area is 134 Å². The first-order valence-electron chi connectivity index (χ1n) is 8.13. The van der Waals surface area contributed by atoms with E-state index in [-0.39, 0.29) is 24.0 Å². The van der Waals surface area contributed by atoms with Gasteiger partial charge in [-0.1, -0.05) is 0 Å². The SMILES string of the molecule is Cn1cc([C@@H](NC(=O)c2cc(C3CC3)[nH]n2)C2CC(O)C2)cn1. The molecule has 2 aliphatic rings. The van der Waals surface area contributed by atoms with E-state index >= 15 is 0 Å². The summed E-state index contributed by atoms with van der Waals surface area (Å²) in [5.74, 6) is 0.600. The number of aliphatic hydroxyl groups is 1. The molecule has 0 aliphatic heterocycles. The molecule has 0 radical (unpaired) electrons. The van der Waals surface area contributed by atoms with E-state index in [2.05, 4.69) is 20.6 Å². The van der Waals surface area contributed by atoms with E-state index in [1.165, 1.54) is 12.8 Å². The second-order valence-electron chi connectivity index (χ2n) is 6.77. The van der Waals surface area contributed by atoms with Gasteiger partial charge in [0.05, 0.1) is 18.3 Å². The molecule has 0 bridgehead atoms. The van der Waals surface area contributed by atoms with Gasteiger partial charge in [-0.3, -0.25) is 14.6 Å². The van der Waals surface area contributed by atoms with Crippen molar-refractivity contribution in [2.75, 3.05) is 0 Å². The Morgan fingerprint density at radius 3 is 2.87 bits per heavy atom. The molecule has 1 atom stereocenters. The lowest BCUT2D eigenvalue weighted by atomic mass is 9.75. The molecule has 2 aromatic rings. The molecule has 2 fully saturated rings. The van der Waals surface area contributed by atoms with Crippen LogP contribution in [0.1, 0.15) is 59.4 Å². The van der Waals surface area contributed by atoms with Gasteiger partial charge >= 0.3 is 0 Å². The Morgan fingerprint density at radius 2 is 2.26 bits per heavy atom. The van der Waals surface area contributed by atoms with Crippen molar-refractivity contribution in [1.29, 1.82) is 0 Å². The fraction of sp³-hybridized carbons (Fsp3) is 0.562. The Balaban J connectivity index is 1.50. The Kier molecular flexibility index (Phi) is 3.45. The number of aromatic amines is 1. The molecule has 2 aliphatic carbocycles. The molecular formula is C16H21N5O2. The number of nitrogens with zero attached hydrogens (tertiary/aromatic N) is 3. The van der Waals surface area contributed by atoms with Gasteiger partial charge in [-0.25, -0.2) is 0 Å². The van der Waals surface area contributed by atoms with Crippen LogP contribution in [0.5, 0.6) is 0 Å². The molecule has 3 N–H and O–H groups in total. The van der Waals surface area contributed by atoms with E-state index in [4.69, 9.17) is 0 Å². The zero-order valence-corrected chi connectivity index (χ0v) is 13.1. The van der Waals surface area contributed by atoms with E-state index in [9.17, 15) is 9.90 Å². The van der Waals surface area contributed by atoms with Gasteiger partial charge in [-0.2, -0.15) is 10.2 Å². The van der Waals surface area contributed by atoms with Crippen LogP contribution < -0.4 is 5.32 Å². The topological polar surface area (TPSA) is 95.8 Å². The van der Waals surface area contributed by atoms with E-state index in [1.54, 1.807) is 10.9 Å². The number of aryl methyl sites for hydroxylation is 1. The number of nitrogens with one attached hydrogen (secondary N) is 2. The molecule has 7 nitrogen and oxygen atoms in total. The number of amides is 1. The van der Waals surface area contributed by atoms with Gasteiger partial charge in [-0.15, -0.1) is 0 Å². The predicted octanol–water partition coefficient (Wildman–Crippen LogP) is 1.26. The normalized spacial score (nSPS) is 25.0. The Bertz CT molecular complexity index is 712. The second-order valence-corrected chi connectivity index (χ2v) is 6.77. The maximum absolute atomic E-state index is 12.5. The molecule has 23 heavy (non-hydrogen) atoms. The van der Waals surface area contributed by atoms with Gasteiger partial charge in [0, 0.05) is 30.4 Å². The molecule has 0 aromatic carbocycles. The fourth-order valence-corrected chi connectivity index (χ4v) is 3.25. The summed E-state index contributed by atoms with van der Waals surface area (Å²) in [6.07, 6.45) is 7.17. The summed E-state index contributed by atoms with van der Waals surface area (Å²) in [5, 5.41) is 24.0. The standard InChI is InChI=1S/C16H21N5O2/c1-21-8-11(7-17-21)15(10-4-12(22)5-10)18-16(23)14-6-13(19-20-14)9-2-3-9/h6-10,12,15,22H,2-5H2,1H3,(H,18,23)(H,19,20)/t10?,12?,15-/m0/s1. The third kappa shape index (κ3) is 2.88. The predicted molar refractivity (Wildman–Crippen MR) is 82.7 cm³/mol. The minimum Gasteiger partial charge on any atom is -0.393 e. The number of aromatic nitrogens is 4. The lowest BCUT2D eigenvalue weighted by molar-refractivity contribution is 0.0234. The molecule has 2 heterocycles. The number of H-pyrrole nitrogens is 1. The van der Waals surface area contributed by atoms with E-state index in [0.29, 0.717) is 24.5 Å². The average Bonchev–Trinajstić information content (AvgIpc) is 3.06. The van der Waals surface area contributed by atoms with Crippen LogP contribution in [0.3, 0.4) is 0 Å². The second kappa shape index (κ2) is 5.49. The lowest BCUT2D eigenvalue weighted by Gasteiger charge is -2.37. The third-order valence-electron chi connectivity index (χ3n) is 4.84. The van der Waals surface area contributed by atoms with Crippen molar-refractivity contribution >= 4 is 5.91 Å². The summed E-state index contributed by atoms with van der Waals surface area (Å²) in [5.41, 5.74) is 2.45. The quantitative estimate of drug-likeness (QED) is 0.774. The number of hydrogen-bond donors (Lipinski definition) is 3. The first kappa shape index (κ1) is 14.4. The van der Waals surface area contributed by atoms with Crippen LogP contribution >= 0.6 is 0 Å². The Hall–Kier alpha value is -2.15. The first-order valence-corrected chi connectivity index (χ1v) is 8.13. The van der Waals surface area contributed by atoms with Crippen LogP contribution in [0.15, 0.2) is 18.5 Å². The molecule has 4 rings (SSSR count). The van der Waals surface area contributed by atoms with Crippen molar-refractivity contribution in [2.24, 2.45) is 13.0 Å². The maximum Gasteiger partial charge on any atom is 0.272 e. The minimum absolute atomic E-state index is 0.138. The van der Waals surface area contributed by atoms with E-state index in [0.717, 1.165) is 11.3 Å². The smallest absolute Gasteiger partial charge is 0.272 e. The molecule has 2 aromatic heterocycles. The summed E-state index contributed by atoms with van der Waals surface area (Å²) in [7, 11) is 1.85. The highest BCUT2D eigenvalue weighted by Crippen LogP contribution is 2.40. The Morgan fingerprint density at radius 1 is 1.48 bits per heavy atom. The summed E-state index contributed by atoms with van der Waals surface area (Å²) < 4.78 is 1.73. The van der Waals surface area contributed by atoms with Gasteiger partial charge in [0.2, 0.25) is 0 Å². The van der Waals surface area contributed by atoms with Crippen molar-refractivity contribution in [3.05, 3.63) is 35.4 Å². The number of hydrogen-bond acceptors (Lipinski definition) is 4. The van der Waals surface area contributed by atoms with Crippen LogP contribution in [0.2, 0.25) is 0 Å². The van der Waals surface area contributed by atoms with Gasteiger partial charge in [0.1, 0.15) is 5.69 Å². The summed E-state index contributed by atoms with van der Waals surface area (Å²) in [6, 6.07) is 1.71. The van der Waals surface area contributed by atoms with Crippen LogP contribution in [0.4, 0.5) is 0 Å². The van der Waals surface area contributed by atoms with Crippen molar-refractivity contribution < 1.29 is 9.90 Å². The van der Waals surface area contributed by atoms with Gasteiger partial charge in [-0.05, 0) is 37.7 Å². The maximum atomic E-state index is 12.5. The monoisotopic (exact) mass is 315 g/mol. The molecular weight excluding hydrogens is 294 g/mol. The van der Waals surface area contributed by atoms with E-state index in [1.807, 2.05) is 19.3 Å². The third-order valence-corrected chi connectivity index (χ3v) is 4.84. The first-order chi connectivity index (χ1) is 11.1. The van der Waals surface area contributed by atoms with Crippen molar-refractivity contribution in [3.63, 3.8) is 0 Å². The molecule has 2 saturated carbocycles. The highest BCUT2D eigenvalue weighted by Gasteiger charge is 2.36. The van der Waals surface area contributed by atoms with Crippen LogP contribution in [-0.2, 0) is 7.05 Å². The van der Waals surface area contributed by atoms with Gasteiger partial charge < -0.3 is 10.4 Å². The molecule has 0 saturated heterocycles. The average molecular weight is 315 g/mol. The highest BCUT2D eigenvalue weighted by molar-refractivity contribution is 5.92. The minimum atomic E-state index is -0.261.